The van der Waals surface area contributed by atoms with E-state index in [2.05, 4.69) is 13.8 Å². The Hall–Kier alpha value is -0.520. The lowest BCUT2D eigenvalue weighted by molar-refractivity contribution is -0.151. The molecule has 1 aliphatic rings. The first-order valence-electron chi connectivity index (χ1n) is 5.34. The van der Waals surface area contributed by atoms with Gasteiger partial charge in [0.15, 0.2) is 6.10 Å². The number of cyclic esters (lactones) is 1. The van der Waals surface area contributed by atoms with Gasteiger partial charge in [-0.15, -0.1) is 0 Å². The van der Waals surface area contributed by atoms with E-state index in [1.165, 1.54) is 13.8 Å². The number of carbonyl (C=O) groups excluding carboxylic acids is 1. The van der Waals surface area contributed by atoms with E-state index < -0.39 is 25.3 Å². The zero-order valence-electron chi connectivity index (χ0n) is 9.65. The predicted octanol–water partition coefficient (Wildman–Crippen LogP) is 2.55. The van der Waals surface area contributed by atoms with E-state index in [0.717, 1.165) is 0 Å². The van der Waals surface area contributed by atoms with Gasteiger partial charge in [0, 0.05) is 12.8 Å². The molecule has 1 rings (SSSR count). The van der Waals surface area contributed by atoms with Crippen molar-refractivity contribution >= 4 is 13.6 Å². The third-order valence-electron chi connectivity index (χ3n) is 2.23. The minimum absolute atomic E-state index is 0.113. The fraction of sp³-hybridized carbons (Fsp3) is 0.889. The number of rotatable bonds is 6. The van der Waals surface area contributed by atoms with E-state index in [0.29, 0.717) is 0 Å². The first kappa shape index (κ1) is 14.5. The highest BCUT2D eigenvalue weighted by molar-refractivity contribution is 7.55. The summed E-state index contributed by atoms with van der Waals surface area (Å²) >= 11 is 0. The molecule has 1 atom stereocenters. The summed E-state index contributed by atoms with van der Waals surface area (Å²) in [5.74, 6) is -0.728. The van der Waals surface area contributed by atoms with Crippen LogP contribution in [0.3, 0.4) is 0 Å². The van der Waals surface area contributed by atoms with Crippen LogP contribution in [0.2, 0.25) is 0 Å². The number of ether oxygens (including phenoxy) is 1. The largest absolute Gasteiger partial charge is 0.455 e. The summed E-state index contributed by atoms with van der Waals surface area (Å²) in [4.78, 5) is 10.8. The van der Waals surface area contributed by atoms with Crippen molar-refractivity contribution in [2.75, 3.05) is 13.2 Å². The summed E-state index contributed by atoms with van der Waals surface area (Å²) in [6.45, 7) is 2.52. The molecule has 0 aromatic heterocycles. The number of carbonyl (C=O) groups is 1. The van der Waals surface area contributed by atoms with Gasteiger partial charge < -0.3 is 13.8 Å². The van der Waals surface area contributed by atoms with Crippen molar-refractivity contribution in [2.45, 2.75) is 38.5 Å². The van der Waals surface area contributed by atoms with Crippen molar-refractivity contribution in [3.63, 3.8) is 0 Å². The first-order chi connectivity index (χ1) is 7.87. The van der Waals surface area contributed by atoms with E-state index >= 15 is 0 Å². The van der Waals surface area contributed by atoms with Crippen LogP contribution in [-0.4, -0.2) is 31.0 Å². The number of halogens is 2. The molecule has 0 spiro atoms. The molecule has 0 aromatic carbocycles. The van der Waals surface area contributed by atoms with Gasteiger partial charge in [0.25, 0.3) is 0 Å². The van der Waals surface area contributed by atoms with Crippen LogP contribution in [0.25, 0.3) is 0 Å². The van der Waals surface area contributed by atoms with Crippen LogP contribution in [0.5, 0.6) is 0 Å². The first-order valence-corrected chi connectivity index (χ1v) is 6.88. The maximum Gasteiger partial charge on any atom is 0.403 e. The van der Waals surface area contributed by atoms with Crippen molar-refractivity contribution in [3.8, 4) is 0 Å². The molecule has 1 heterocycles. The highest BCUT2D eigenvalue weighted by Gasteiger charge is 2.61. The van der Waals surface area contributed by atoms with Gasteiger partial charge in [-0.3, -0.25) is 9.36 Å². The van der Waals surface area contributed by atoms with Crippen LogP contribution in [-0.2, 0) is 23.1 Å². The molecule has 1 aliphatic heterocycles. The molecule has 17 heavy (non-hydrogen) atoms. The fourth-order valence-electron chi connectivity index (χ4n) is 1.50. The molecule has 0 amide bonds. The van der Waals surface area contributed by atoms with Gasteiger partial charge in [-0.25, -0.2) is 0 Å². The number of hydrogen-bond donors (Lipinski definition) is 0. The van der Waals surface area contributed by atoms with Crippen LogP contribution in [0.15, 0.2) is 0 Å². The van der Waals surface area contributed by atoms with Gasteiger partial charge in [-0.2, -0.15) is 8.78 Å². The van der Waals surface area contributed by atoms with Gasteiger partial charge in [-0.1, -0.05) is 0 Å². The SMILES string of the molecule is CCOP(=O)(OCC)C(F)(F)[C@H]1CCC(=O)O1. The molecule has 1 fully saturated rings. The monoisotopic (exact) mass is 272 g/mol. The third kappa shape index (κ3) is 2.84. The fourth-order valence-corrected chi connectivity index (χ4v) is 3.13. The smallest absolute Gasteiger partial charge is 0.403 e. The minimum atomic E-state index is -4.61. The van der Waals surface area contributed by atoms with Gasteiger partial charge >= 0.3 is 19.2 Å². The summed E-state index contributed by atoms with van der Waals surface area (Å²) < 4.78 is 53.4. The molecule has 1 saturated heterocycles. The minimum Gasteiger partial charge on any atom is -0.455 e. The Morgan fingerprint density at radius 1 is 1.41 bits per heavy atom. The lowest BCUT2D eigenvalue weighted by Gasteiger charge is -2.28. The van der Waals surface area contributed by atoms with Crippen molar-refractivity contribution < 1.29 is 31.9 Å². The second kappa shape index (κ2) is 5.42. The van der Waals surface area contributed by atoms with Crippen LogP contribution in [0, 0.1) is 0 Å². The Balaban J connectivity index is 2.91. The van der Waals surface area contributed by atoms with Crippen molar-refractivity contribution in [2.24, 2.45) is 0 Å². The normalized spacial score (nSPS) is 21.6. The van der Waals surface area contributed by atoms with E-state index in [-0.39, 0.29) is 26.1 Å². The van der Waals surface area contributed by atoms with E-state index in [1.54, 1.807) is 0 Å². The second-order valence-electron chi connectivity index (χ2n) is 3.44. The Kier molecular flexibility index (Phi) is 4.63. The zero-order chi connectivity index (χ0) is 13.1. The predicted molar refractivity (Wildman–Crippen MR) is 54.9 cm³/mol. The summed E-state index contributed by atoms with van der Waals surface area (Å²) in [7, 11) is -4.61. The average Bonchev–Trinajstić information content (AvgIpc) is 2.66. The third-order valence-corrected chi connectivity index (χ3v) is 4.45. The Morgan fingerprint density at radius 3 is 2.29 bits per heavy atom. The van der Waals surface area contributed by atoms with Gasteiger partial charge in [-0.05, 0) is 13.8 Å². The van der Waals surface area contributed by atoms with E-state index in [1.807, 2.05) is 0 Å². The van der Waals surface area contributed by atoms with Gasteiger partial charge in [0.1, 0.15) is 0 Å². The maximum absolute atomic E-state index is 13.9. The molecule has 100 valence electrons. The zero-order valence-corrected chi connectivity index (χ0v) is 10.5. The average molecular weight is 272 g/mol. The molecule has 5 nitrogen and oxygen atoms in total. The van der Waals surface area contributed by atoms with Crippen LogP contribution >= 0.6 is 7.60 Å². The number of hydrogen-bond acceptors (Lipinski definition) is 5. The Bertz CT molecular complexity index is 323. The quantitative estimate of drug-likeness (QED) is 0.549. The highest BCUT2D eigenvalue weighted by atomic mass is 31.2. The van der Waals surface area contributed by atoms with Crippen LogP contribution in [0.4, 0.5) is 8.78 Å². The summed E-state index contributed by atoms with van der Waals surface area (Å²) in [6.07, 6.45) is -2.03. The highest BCUT2D eigenvalue weighted by Crippen LogP contribution is 2.64. The topological polar surface area (TPSA) is 61.8 Å². The molecule has 0 aromatic rings. The summed E-state index contributed by atoms with van der Waals surface area (Å²) in [6, 6.07) is 0. The van der Waals surface area contributed by atoms with Gasteiger partial charge in [0.05, 0.1) is 13.2 Å². The molecule has 0 aliphatic carbocycles. The number of esters is 1. The Morgan fingerprint density at radius 2 is 1.94 bits per heavy atom. The molecule has 0 saturated carbocycles. The maximum atomic E-state index is 13.9. The summed E-state index contributed by atoms with van der Waals surface area (Å²) in [5.41, 5.74) is -3.81. The lowest BCUT2D eigenvalue weighted by Crippen LogP contribution is -2.34. The second-order valence-corrected chi connectivity index (χ2v) is 5.55. The van der Waals surface area contributed by atoms with Crippen molar-refractivity contribution in [1.82, 2.24) is 0 Å². The standard InChI is InChI=1S/C9H15F2O5P/c1-3-14-17(13,15-4-2)9(10,11)7-5-6-8(12)16-7/h7H,3-6H2,1-2H3/t7-/m1/s1. The molecule has 0 bridgehead atoms. The molecule has 8 heteroatoms. The molecular formula is C9H15F2O5P. The molecule has 0 unspecified atom stereocenters. The van der Waals surface area contributed by atoms with Gasteiger partial charge in [0.2, 0.25) is 0 Å². The van der Waals surface area contributed by atoms with E-state index in [9.17, 15) is 18.1 Å². The molecular weight excluding hydrogens is 257 g/mol. The Labute approximate surface area is 97.9 Å². The summed E-state index contributed by atoms with van der Waals surface area (Å²) in [5, 5.41) is 0. The molecule has 0 radical (unpaired) electrons. The number of alkyl halides is 2. The lowest BCUT2D eigenvalue weighted by atomic mass is 10.2. The molecule has 0 N–H and O–H groups in total. The van der Waals surface area contributed by atoms with Crippen LogP contribution in [0.1, 0.15) is 26.7 Å². The van der Waals surface area contributed by atoms with Crippen LogP contribution < -0.4 is 0 Å². The van der Waals surface area contributed by atoms with E-state index in [4.69, 9.17) is 0 Å². The van der Waals surface area contributed by atoms with Crippen molar-refractivity contribution in [1.29, 1.82) is 0 Å². The van der Waals surface area contributed by atoms with Crippen molar-refractivity contribution in [3.05, 3.63) is 0 Å².